The van der Waals surface area contributed by atoms with Gasteiger partial charge in [-0.3, -0.25) is 14.8 Å². The van der Waals surface area contributed by atoms with Crippen LogP contribution in [0.2, 0.25) is 0 Å². The highest BCUT2D eigenvalue weighted by atomic mass is 79.9. The van der Waals surface area contributed by atoms with Crippen molar-refractivity contribution in [3.8, 4) is 17.6 Å². The molecule has 0 fully saturated rings. The number of rotatable bonds is 12. The van der Waals surface area contributed by atoms with E-state index in [2.05, 4.69) is 37.8 Å². The van der Waals surface area contributed by atoms with Gasteiger partial charge in [0, 0.05) is 16.6 Å². The molecule has 2 aromatic carbocycles. The van der Waals surface area contributed by atoms with Crippen molar-refractivity contribution in [2.24, 2.45) is 0 Å². The Hall–Kier alpha value is -2.91. The molecule has 0 spiro atoms. The minimum absolute atomic E-state index is 0.0565. The third kappa shape index (κ3) is 8.79. The van der Waals surface area contributed by atoms with Gasteiger partial charge in [0.2, 0.25) is 10.0 Å². The first-order valence-electron chi connectivity index (χ1n) is 10.4. The number of sulfonamides is 1. The quantitative estimate of drug-likeness (QED) is 0.139. The standard InChI is InChI=1S/C23H26BrN3O6S/c1-2-3-16-33-19-11-13-20(14-12-19)34(31,32)27-21(23(29)26-30)6-4-5-15-25-22(28)17-7-9-18(24)10-8-17/h7-14,21,27,30H,4-6,15-16H2,1H3,(H,25,28)(H,26,29). The first kappa shape index (κ1) is 27.3. The molecule has 2 rings (SSSR count). The average molecular weight is 552 g/mol. The number of benzene rings is 2. The van der Waals surface area contributed by atoms with Gasteiger partial charge in [-0.15, -0.1) is 5.92 Å². The van der Waals surface area contributed by atoms with E-state index in [1.807, 2.05) is 0 Å². The van der Waals surface area contributed by atoms with E-state index in [1.54, 1.807) is 31.2 Å². The molecular formula is C23H26BrN3O6S. The lowest BCUT2D eigenvalue weighted by atomic mass is 10.1. The second-order valence-electron chi connectivity index (χ2n) is 7.10. The number of hydrogen-bond acceptors (Lipinski definition) is 6. The second kappa shape index (κ2) is 13.7. The highest BCUT2D eigenvalue weighted by Gasteiger charge is 2.25. The number of ether oxygens (including phenoxy) is 1. The molecule has 182 valence electrons. The Balaban J connectivity index is 1.88. The summed E-state index contributed by atoms with van der Waals surface area (Å²) < 4.78 is 33.9. The third-order valence-corrected chi connectivity index (χ3v) is 6.67. The summed E-state index contributed by atoms with van der Waals surface area (Å²) in [5.41, 5.74) is 2.01. The van der Waals surface area contributed by atoms with Crippen molar-refractivity contribution in [2.75, 3.05) is 13.2 Å². The van der Waals surface area contributed by atoms with Crippen LogP contribution in [-0.2, 0) is 14.8 Å². The number of unbranched alkanes of at least 4 members (excludes halogenated alkanes) is 1. The van der Waals surface area contributed by atoms with Crippen LogP contribution in [0, 0.1) is 11.8 Å². The Labute approximate surface area is 207 Å². The molecule has 0 bridgehead atoms. The summed E-state index contributed by atoms with van der Waals surface area (Å²) in [4.78, 5) is 24.1. The molecule has 0 radical (unpaired) electrons. The van der Waals surface area contributed by atoms with Crippen molar-refractivity contribution in [1.29, 1.82) is 0 Å². The van der Waals surface area contributed by atoms with Crippen molar-refractivity contribution in [3.05, 3.63) is 58.6 Å². The van der Waals surface area contributed by atoms with Gasteiger partial charge in [0.05, 0.1) is 4.90 Å². The summed E-state index contributed by atoms with van der Waals surface area (Å²) in [5, 5.41) is 11.8. The molecule has 9 nitrogen and oxygen atoms in total. The van der Waals surface area contributed by atoms with E-state index < -0.39 is 22.0 Å². The molecule has 0 aliphatic rings. The van der Waals surface area contributed by atoms with Gasteiger partial charge in [-0.05, 0) is 74.7 Å². The molecule has 0 saturated heterocycles. The molecule has 0 heterocycles. The number of carbonyl (C=O) groups excluding carboxylic acids is 2. The Morgan fingerprint density at radius 1 is 1.09 bits per heavy atom. The number of carbonyl (C=O) groups is 2. The molecule has 0 aliphatic carbocycles. The maximum atomic E-state index is 12.7. The van der Waals surface area contributed by atoms with E-state index in [4.69, 9.17) is 9.94 Å². The zero-order chi connectivity index (χ0) is 25.0. The Bertz CT molecular complexity index is 1130. The van der Waals surface area contributed by atoms with Crippen LogP contribution in [0.1, 0.15) is 36.5 Å². The molecule has 0 aromatic heterocycles. The summed E-state index contributed by atoms with van der Waals surface area (Å²) in [5.74, 6) is 4.78. The first-order chi connectivity index (χ1) is 16.3. The van der Waals surface area contributed by atoms with Gasteiger partial charge < -0.3 is 10.1 Å². The monoisotopic (exact) mass is 551 g/mol. The van der Waals surface area contributed by atoms with Crippen LogP contribution in [0.4, 0.5) is 0 Å². The first-order valence-corrected chi connectivity index (χ1v) is 12.7. The number of nitrogens with one attached hydrogen (secondary N) is 3. The van der Waals surface area contributed by atoms with Crippen LogP contribution in [0.15, 0.2) is 57.9 Å². The van der Waals surface area contributed by atoms with Gasteiger partial charge in [0.1, 0.15) is 18.4 Å². The molecule has 1 unspecified atom stereocenters. The van der Waals surface area contributed by atoms with Gasteiger partial charge >= 0.3 is 0 Å². The minimum Gasteiger partial charge on any atom is -0.481 e. The van der Waals surface area contributed by atoms with E-state index in [0.717, 1.165) is 4.47 Å². The van der Waals surface area contributed by atoms with Crippen LogP contribution in [0.25, 0.3) is 0 Å². The normalized spacial score (nSPS) is 11.6. The van der Waals surface area contributed by atoms with Crippen molar-refractivity contribution < 1.29 is 28.0 Å². The van der Waals surface area contributed by atoms with Gasteiger partial charge in [-0.2, -0.15) is 4.72 Å². The zero-order valence-corrected chi connectivity index (χ0v) is 20.9. The SMILES string of the molecule is CC#CCOc1ccc(S(=O)(=O)NC(CCCCNC(=O)c2ccc(Br)cc2)C(=O)NO)cc1. The predicted molar refractivity (Wildman–Crippen MR) is 130 cm³/mol. The topological polar surface area (TPSA) is 134 Å². The van der Waals surface area contributed by atoms with Gasteiger partial charge in [-0.1, -0.05) is 21.9 Å². The van der Waals surface area contributed by atoms with Crippen molar-refractivity contribution in [3.63, 3.8) is 0 Å². The van der Waals surface area contributed by atoms with E-state index in [1.165, 1.54) is 29.7 Å². The van der Waals surface area contributed by atoms with Crippen LogP contribution < -0.4 is 20.3 Å². The van der Waals surface area contributed by atoms with Gasteiger partial charge in [0.15, 0.2) is 0 Å². The maximum Gasteiger partial charge on any atom is 0.261 e. The number of amides is 2. The molecule has 2 amide bonds. The minimum atomic E-state index is -4.03. The van der Waals surface area contributed by atoms with Crippen molar-refractivity contribution >= 4 is 37.8 Å². The fourth-order valence-electron chi connectivity index (χ4n) is 2.86. The summed E-state index contributed by atoms with van der Waals surface area (Å²) in [7, 11) is -4.03. The Morgan fingerprint density at radius 3 is 2.38 bits per heavy atom. The molecule has 4 N–H and O–H groups in total. The van der Waals surface area contributed by atoms with E-state index in [-0.39, 0.29) is 23.8 Å². The van der Waals surface area contributed by atoms with Crippen molar-refractivity contribution in [2.45, 2.75) is 37.1 Å². The Morgan fingerprint density at radius 2 is 1.76 bits per heavy atom. The molecule has 0 saturated carbocycles. The summed E-state index contributed by atoms with van der Waals surface area (Å²) >= 11 is 3.31. The lowest BCUT2D eigenvalue weighted by molar-refractivity contribution is -0.131. The summed E-state index contributed by atoms with van der Waals surface area (Å²) in [6, 6.07) is 11.4. The highest BCUT2D eigenvalue weighted by Crippen LogP contribution is 2.17. The van der Waals surface area contributed by atoms with Crippen LogP contribution in [-0.4, -0.2) is 44.6 Å². The lowest BCUT2D eigenvalue weighted by Gasteiger charge is -2.17. The number of hydroxylamine groups is 1. The van der Waals surface area contributed by atoms with Crippen molar-refractivity contribution in [1.82, 2.24) is 15.5 Å². The van der Waals surface area contributed by atoms with Gasteiger partial charge in [-0.25, -0.2) is 13.9 Å². The van der Waals surface area contributed by atoms with E-state index in [9.17, 15) is 18.0 Å². The number of hydrogen-bond donors (Lipinski definition) is 4. The summed E-state index contributed by atoms with van der Waals surface area (Å²) in [6.07, 6.45) is 1.05. The smallest absolute Gasteiger partial charge is 0.261 e. The fraction of sp³-hybridized carbons (Fsp3) is 0.304. The molecule has 0 aliphatic heterocycles. The molecule has 11 heteroatoms. The Kier molecular flexibility index (Phi) is 11.0. The van der Waals surface area contributed by atoms with E-state index in [0.29, 0.717) is 30.7 Å². The van der Waals surface area contributed by atoms with Crippen LogP contribution >= 0.6 is 15.9 Å². The van der Waals surface area contributed by atoms with Gasteiger partial charge in [0.25, 0.3) is 11.8 Å². The zero-order valence-electron chi connectivity index (χ0n) is 18.5. The molecule has 34 heavy (non-hydrogen) atoms. The van der Waals surface area contributed by atoms with Crippen LogP contribution in [0.5, 0.6) is 5.75 Å². The van der Waals surface area contributed by atoms with Crippen LogP contribution in [0.3, 0.4) is 0 Å². The lowest BCUT2D eigenvalue weighted by Crippen LogP contribution is -2.45. The number of halogens is 1. The third-order valence-electron chi connectivity index (χ3n) is 4.66. The average Bonchev–Trinajstić information content (AvgIpc) is 2.83. The predicted octanol–water partition coefficient (Wildman–Crippen LogP) is 2.60. The summed E-state index contributed by atoms with van der Waals surface area (Å²) in [6.45, 7) is 2.21. The molecular weight excluding hydrogens is 526 g/mol. The largest absolute Gasteiger partial charge is 0.481 e. The maximum absolute atomic E-state index is 12.7. The molecule has 2 aromatic rings. The fourth-order valence-corrected chi connectivity index (χ4v) is 4.36. The second-order valence-corrected chi connectivity index (χ2v) is 9.73. The van der Waals surface area contributed by atoms with E-state index >= 15 is 0 Å². The molecule has 1 atom stereocenters. The highest BCUT2D eigenvalue weighted by molar-refractivity contribution is 9.10.